The second-order valence-electron chi connectivity index (χ2n) is 5.29. The number of hydrogen-bond donors (Lipinski definition) is 1. The molecule has 0 radical (unpaired) electrons. The molecule has 1 aromatic heterocycles. The largest absolute Gasteiger partial charge is 0.383 e. The van der Waals surface area contributed by atoms with E-state index in [1.54, 1.807) is 13.3 Å². The van der Waals surface area contributed by atoms with Crippen LogP contribution in [0.25, 0.3) is 0 Å². The molecule has 2 heterocycles. The van der Waals surface area contributed by atoms with Gasteiger partial charge in [0.15, 0.2) is 9.84 Å². The number of methoxy groups -OCH3 is 1. The van der Waals surface area contributed by atoms with Gasteiger partial charge < -0.3 is 10.1 Å². The second kappa shape index (κ2) is 7.21. The quantitative estimate of drug-likeness (QED) is 0.774. The van der Waals surface area contributed by atoms with Crippen molar-refractivity contribution in [2.75, 3.05) is 31.8 Å². The monoisotopic (exact) mass is 379 g/mol. The van der Waals surface area contributed by atoms with Gasteiger partial charge in [0, 0.05) is 7.11 Å². The molecule has 1 aliphatic heterocycles. The molecule has 1 fully saturated rings. The Hall–Kier alpha value is -0.440. The lowest BCUT2D eigenvalue weighted by atomic mass is 9.96. The van der Waals surface area contributed by atoms with Gasteiger partial charge in [-0.05, 0) is 34.8 Å². The molecule has 1 saturated heterocycles. The highest BCUT2D eigenvalue weighted by Gasteiger charge is 2.36. The Morgan fingerprint density at radius 2 is 2.38 bits per heavy atom. The Morgan fingerprint density at radius 1 is 1.62 bits per heavy atom. The maximum Gasteiger partial charge on any atom is 0.150 e. The summed E-state index contributed by atoms with van der Waals surface area (Å²) in [6, 6.07) is -0.0130. The van der Waals surface area contributed by atoms with Crippen LogP contribution in [0.15, 0.2) is 10.7 Å². The van der Waals surface area contributed by atoms with E-state index in [1.807, 2.05) is 11.6 Å². The van der Waals surface area contributed by atoms with E-state index in [0.717, 1.165) is 16.7 Å². The number of nitrogens with one attached hydrogen (secondary N) is 1. The maximum atomic E-state index is 11.8. The minimum atomic E-state index is -2.90. The first-order valence-electron chi connectivity index (χ1n) is 7.12. The molecule has 21 heavy (non-hydrogen) atoms. The highest BCUT2D eigenvalue weighted by Crippen LogP contribution is 2.34. The van der Waals surface area contributed by atoms with Crippen molar-refractivity contribution in [1.29, 1.82) is 0 Å². The number of ether oxygens (including phenoxy) is 1. The molecule has 1 aromatic rings. The van der Waals surface area contributed by atoms with Crippen LogP contribution in [-0.4, -0.2) is 50.0 Å². The fourth-order valence-electron chi connectivity index (χ4n) is 2.83. The van der Waals surface area contributed by atoms with Gasteiger partial charge in [0.05, 0.1) is 47.1 Å². The molecule has 1 N–H and O–H groups in total. The number of nitrogens with zero attached hydrogens (tertiary/aromatic N) is 2. The molecule has 120 valence electrons. The van der Waals surface area contributed by atoms with Crippen molar-refractivity contribution >= 4 is 25.8 Å². The number of hydrogen-bond acceptors (Lipinski definition) is 5. The number of aromatic nitrogens is 2. The van der Waals surface area contributed by atoms with Gasteiger partial charge >= 0.3 is 0 Å². The molecular weight excluding hydrogens is 358 g/mol. The van der Waals surface area contributed by atoms with Crippen LogP contribution in [0.4, 0.5) is 0 Å². The summed E-state index contributed by atoms with van der Waals surface area (Å²) in [7, 11) is -1.25. The lowest BCUT2D eigenvalue weighted by molar-refractivity contribution is 0.180. The summed E-state index contributed by atoms with van der Waals surface area (Å²) >= 11 is 3.54. The van der Waals surface area contributed by atoms with E-state index < -0.39 is 9.84 Å². The van der Waals surface area contributed by atoms with Crippen LogP contribution in [0.2, 0.25) is 0 Å². The molecule has 0 bridgehead atoms. The summed E-state index contributed by atoms with van der Waals surface area (Å²) in [4.78, 5) is 0. The molecule has 8 heteroatoms. The van der Waals surface area contributed by atoms with Gasteiger partial charge in [-0.1, -0.05) is 6.92 Å². The summed E-state index contributed by atoms with van der Waals surface area (Å²) in [5.74, 6) is 0.611. The van der Waals surface area contributed by atoms with Crippen molar-refractivity contribution in [2.45, 2.75) is 25.9 Å². The van der Waals surface area contributed by atoms with Crippen molar-refractivity contribution in [2.24, 2.45) is 5.92 Å². The highest BCUT2D eigenvalue weighted by atomic mass is 79.9. The third-order valence-electron chi connectivity index (χ3n) is 3.80. The zero-order valence-electron chi connectivity index (χ0n) is 12.4. The van der Waals surface area contributed by atoms with E-state index in [9.17, 15) is 8.42 Å². The molecule has 1 aliphatic rings. The summed E-state index contributed by atoms with van der Waals surface area (Å²) in [5.41, 5.74) is 1.01. The Balaban J connectivity index is 2.28. The molecule has 0 saturated carbocycles. The van der Waals surface area contributed by atoms with Crippen LogP contribution in [0, 0.1) is 5.92 Å². The van der Waals surface area contributed by atoms with E-state index in [-0.39, 0.29) is 23.5 Å². The predicted molar refractivity (Wildman–Crippen MR) is 85.0 cm³/mol. The van der Waals surface area contributed by atoms with Gasteiger partial charge in [0.25, 0.3) is 0 Å². The van der Waals surface area contributed by atoms with Crippen LogP contribution in [-0.2, 0) is 21.1 Å². The fraction of sp³-hybridized carbons (Fsp3) is 0.769. The number of sulfone groups is 1. The Labute approximate surface area is 134 Å². The van der Waals surface area contributed by atoms with E-state index in [1.165, 1.54) is 0 Å². The highest BCUT2D eigenvalue weighted by molar-refractivity contribution is 9.10. The minimum Gasteiger partial charge on any atom is -0.383 e. The second-order valence-corrected chi connectivity index (χ2v) is 8.38. The molecule has 0 aliphatic carbocycles. The summed E-state index contributed by atoms with van der Waals surface area (Å²) in [5, 5.41) is 7.79. The topological polar surface area (TPSA) is 73.2 Å². The molecule has 2 rings (SSSR count). The molecular formula is C13H22BrN3O3S. The van der Waals surface area contributed by atoms with Crippen molar-refractivity contribution < 1.29 is 13.2 Å². The van der Waals surface area contributed by atoms with Gasteiger partial charge in [-0.25, -0.2) is 8.42 Å². The number of halogens is 1. The first-order valence-corrected chi connectivity index (χ1v) is 9.74. The maximum absolute atomic E-state index is 11.8. The molecule has 2 atom stereocenters. The smallest absolute Gasteiger partial charge is 0.150 e. The van der Waals surface area contributed by atoms with Gasteiger partial charge in [-0.15, -0.1) is 0 Å². The average Bonchev–Trinajstić information content (AvgIpc) is 2.97. The first-order chi connectivity index (χ1) is 9.98. The minimum absolute atomic E-state index is 0.0130. The Kier molecular flexibility index (Phi) is 5.81. The van der Waals surface area contributed by atoms with Crippen molar-refractivity contribution in [3.63, 3.8) is 0 Å². The van der Waals surface area contributed by atoms with Crippen LogP contribution < -0.4 is 5.32 Å². The van der Waals surface area contributed by atoms with Gasteiger partial charge in [-0.3, -0.25) is 4.68 Å². The Bertz CT molecular complexity index is 573. The zero-order valence-corrected chi connectivity index (χ0v) is 14.8. The number of rotatable bonds is 7. The van der Waals surface area contributed by atoms with Crippen LogP contribution >= 0.6 is 15.9 Å². The normalized spacial score (nSPS) is 22.5. The molecule has 0 amide bonds. The predicted octanol–water partition coefficient (Wildman–Crippen LogP) is 1.38. The summed E-state index contributed by atoms with van der Waals surface area (Å²) < 4.78 is 31.5. The average molecular weight is 380 g/mol. The van der Waals surface area contributed by atoms with Crippen LogP contribution in [0.5, 0.6) is 0 Å². The SMILES string of the molecule is CCNC(c1c(Br)cnn1CCOC)C1CCS(=O)(=O)C1. The van der Waals surface area contributed by atoms with Gasteiger partial charge in [-0.2, -0.15) is 5.10 Å². The van der Waals surface area contributed by atoms with E-state index >= 15 is 0 Å². The lowest BCUT2D eigenvalue weighted by Crippen LogP contribution is -2.31. The fourth-order valence-corrected chi connectivity index (χ4v) is 5.21. The van der Waals surface area contributed by atoms with Gasteiger partial charge in [0.1, 0.15) is 0 Å². The lowest BCUT2D eigenvalue weighted by Gasteiger charge is -2.25. The van der Waals surface area contributed by atoms with Crippen LogP contribution in [0.1, 0.15) is 25.1 Å². The summed E-state index contributed by atoms with van der Waals surface area (Å²) in [6.45, 7) is 4.03. The zero-order chi connectivity index (χ0) is 15.5. The molecule has 2 unspecified atom stereocenters. The Morgan fingerprint density at radius 3 is 2.95 bits per heavy atom. The van der Waals surface area contributed by atoms with E-state index in [2.05, 4.69) is 26.3 Å². The molecule has 6 nitrogen and oxygen atoms in total. The molecule has 0 spiro atoms. The standard InChI is InChI=1S/C13H22BrN3O3S/c1-3-15-12(10-4-7-21(18,19)9-10)13-11(14)8-16-17(13)5-6-20-2/h8,10,12,15H,3-7,9H2,1-2H3. The van der Waals surface area contributed by atoms with Gasteiger partial charge in [0.2, 0.25) is 0 Å². The first kappa shape index (κ1) is 16.9. The summed E-state index contributed by atoms with van der Waals surface area (Å²) in [6.07, 6.45) is 2.46. The third-order valence-corrected chi connectivity index (χ3v) is 6.20. The van der Waals surface area contributed by atoms with E-state index in [4.69, 9.17) is 4.74 Å². The van der Waals surface area contributed by atoms with Crippen molar-refractivity contribution in [1.82, 2.24) is 15.1 Å². The third kappa shape index (κ3) is 4.06. The van der Waals surface area contributed by atoms with Crippen LogP contribution in [0.3, 0.4) is 0 Å². The van der Waals surface area contributed by atoms with E-state index in [0.29, 0.717) is 19.6 Å². The molecule has 0 aromatic carbocycles. The van der Waals surface area contributed by atoms with Crippen molar-refractivity contribution in [3.8, 4) is 0 Å². The van der Waals surface area contributed by atoms with Crippen molar-refractivity contribution in [3.05, 3.63) is 16.4 Å².